The molecule has 1 aliphatic heterocycles. The summed E-state index contributed by atoms with van der Waals surface area (Å²) < 4.78 is 50.5. The number of methoxy groups -OCH3 is 2. The van der Waals surface area contributed by atoms with Gasteiger partial charge >= 0.3 is 5.69 Å². The monoisotopic (exact) mass is 666 g/mol. The van der Waals surface area contributed by atoms with Crippen LogP contribution in [0.25, 0.3) is 0 Å². The molecule has 250 valence electrons. The van der Waals surface area contributed by atoms with Crippen molar-refractivity contribution < 1.29 is 37.6 Å². The first kappa shape index (κ1) is 34.1. The number of benzene rings is 3. The Morgan fingerprint density at radius 3 is 2.15 bits per heavy atom. The van der Waals surface area contributed by atoms with Crippen molar-refractivity contribution in [3.63, 3.8) is 0 Å². The first-order chi connectivity index (χ1) is 22.5. The third-order valence-electron chi connectivity index (χ3n) is 8.24. The Bertz CT molecular complexity index is 1860. The van der Waals surface area contributed by atoms with Crippen LogP contribution in [-0.2, 0) is 30.7 Å². The van der Waals surface area contributed by atoms with Gasteiger partial charge in [0.05, 0.1) is 45.0 Å². The number of hydrogen-bond acceptors (Lipinski definition) is 10. The Balaban J connectivity index is 1.60. The van der Waals surface area contributed by atoms with Crippen LogP contribution in [0.15, 0.2) is 88.6 Å². The molecule has 13 heteroatoms. The molecule has 0 spiro atoms. The number of nitrogens with zero attached hydrogens (tertiary/aromatic N) is 1. The number of aromatic amines is 1. The first-order valence-corrected chi connectivity index (χ1v) is 16.8. The molecule has 3 N–H and O–H groups in total. The van der Waals surface area contributed by atoms with E-state index in [0.717, 1.165) is 0 Å². The Morgan fingerprint density at radius 2 is 1.57 bits per heavy atom. The van der Waals surface area contributed by atoms with Crippen LogP contribution in [-0.4, -0.2) is 73.6 Å². The molecule has 5 rings (SSSR count). The van der Waals surface area contributed by atoms with Crippen LogP contribution in [0.2, 0.25) is 0 Å². The number of aliphatic hydroxyl groups excluding tert-OH is 2. The van der Waals surface area contributed by atoms with Crippen molar-refractivity contribution in [3.8, 4) is 11.5 Å². The van der Waals surface area contributed by atoms with E-state index in [4.69, 9.17) is 18.9 Å². The Labute approximate surface area is 272 Å². The molecular weight excluding hydrogens is 628 g/mol. The van der Waals surface area contributed by atoms with E-state index in [-0.39, 0.29) is 24.5 Å². The summed E-state index contributed by atoms with van der Waals surface area (Å²) in [6.45, 7) is 0.948. The van der Waals surface area contributed by atoms with Crippen molar-refractivity contribution in [1.29, 1.82) is 0 Å². The second-order valence-electron chi connectivity index (χ2n) is 11.4. The molecule has 12 nitrogen and oxygen atoms in total. The van der Waals surface area contributed by atoms with Crippen molar-refractivity contribution in [1.82, 2.24) is 9.55 Å². The van der Waals surface area contributed by atoms with Crippen LogP contribution in [0.1, 0.15) is 40.5 Å². The van der Waals surface area contributed by atoms with Gasteiger partial charge < -0.3 is 29.2 Å². The minimum atomic E-state index is -3.60. The summed E-state index contributed by atoms with van der Waals surface area (Å²) in [5.41, 5.74) is 0.254. The quantitative estimate of drug-likeness (QED) is 0.181. The van der Waals surface area contributed by atoms with Crippen molar-refractivity contribution in [3.05, 3.63) is 128 Å². The van der Waals surface area contributed by atoms with Gasteiger partial charge in [-0.05, 0) is 53.4 Å². The van der Waals surface area contributed by atoms with E-state index >= 15 is 0 Å². The van der Waals surface area contributed by atoms with Crippen LogP contribution < -0.4 is 20.7 Å². The Kier molecular flexibility index (Phi) is 10.3. The number of aryl methyl sites for hydroxylation is 1. The first-order valence-electron chi connectivity index (χ1n) is 15.0. The van der Waals surface area contributed by atoms with Crippen molar-refractivity contribution >= 4 is 9.84 Å². The molecule has 0 unspecified atom stereocenters. The third-order valence-corrected chi connectivity index (χ3v) is 9.82. The van der Waals surface area contributed by atoms with Crippen LogP contribution >= 0.6 is 0 Å². The van der Waals surface area contributed by atoms with Gasteiger partial charge in [-0.15, -0.1) is 0 Å². The minimum Gasteiger partial charge on any atom is -0.497 e. The second kappa shape index (κ2) is 14.2. The summed E-state index contributed by atoms with van der Waals surface area (Å²) in [6, 6.07) is 21.5. The Morgan fingerprint density at radius 1 is 0.957 bits per heavy atom. The summed E-state index contributed by atoms with van der Waals surface area (Å²) >= 11 is 0. The van der Waals surface area contributed by atoms with Gasteiger partial charge in [0.1, 0.15) is 29.4 Å². The van der Waals surface area contributed by atoms with E-state index in [1.807, 2.05) is 30.3 Å². The SMILES string of the molecule is COc1ccc(C(OC[C@H]2O[C@@H](n3cc(C)c(=O)[nH]c3=O)C[C@@H]2O)(c2ccc(OC)cc2)c2cccc(CS(=O)(=O)CCO)c2)cc1. The van der Waals surface area contributed by atoms with Crippen LogP contribution in [0.4, 0.5) is 0 Å². The minimum absolute atomic E-state index is 0.0791. The number of ether oxygens (including phenoxy) is 4. The molecule has 0 saturated carbocycles. The smallest absolute Gasteiger partial charge is 0.330 e. The number of rotatable bonds is 13. The second-order valence-corrected chi connectivity index (χ2v) is 13.6. The number of hydrogen-bond donors (Lipinski definition) is 3. The number of sulfone groups is 1. The number of aromatic nitrogens is 2. The van der Waals surface area contributed by atoms with Crippen LogP contribution in [0.5, 0.6) is 11.5 Å². The molecule has 0 amide bonds. The summed E-state index contributed by atoms with van der Waals surface area (Å²) in [5.74, 6) is 0.564. The Hall–Kier alpha value is -4.27. The highest BCUT2D eigenvalue weighted by molar-refractivity contribution is 7.90. The van der Waals surface area contributed by atoms with E-state index in [0.29, 0.717) is 39.3 Å². The molecular formula is C34H38N2O10S. The van der Waals surface area contributed by atoms with Gasteiger partial charge in [-0.3, -0.25) is 14.3 Å². The van der Waals surface area contributed by atoms with Gasteiger partial charge in [0.25, 0.3) is 5.56 Å². The van der Waals surface area contributed by atoms with Crippen molar-refractivity contribution in [2.45, 2.75) is 43.1 Å². The zero-order valence-corrected chi connectivity index (χ0v) is 27.1. The lowest BCUT2D eigenvalue weighted by Crippen LogP contribution is -2.38. The topological polar surface area (TPSA) is 166 Å². The fourth-order valence-electron chi connectivity index (χ4n) is 5.79. The molecule has 47 heavy (non-hydrogen) atoms. The summed E-state index contributed by atoms with van der Waals surface area (Å²) in [5, 5.41) is 20.4. The average molecular weight is 667 g/mol. The maximum absolute atomic E-state index is 12.7. The number of H-pyrrole nitrogens is 1. The number of nitrogens with one attached hydrogen (secondary N) is 1. The largest absolute Gasteiger partial charge is 0.497 e. The lowest BCUT2D eigenvalue weighted by Gasteiger charge is -2.37. The molecule has 3 atom stereocenters. The van der Waals surface area contributed by atoms with Crippen molar-refractivity contribution in [2.24, 2.45) is 0 Å². The van der Waals surface area contributed by atoms with E-state index in [1.165, 1.54) is 10.8 Å². The van der Waals surface area contributed by atoms with Crippen LogP contribution in [0, 0.1) is 6.92 Å². The predicted molar refractivity (Wildman–Crippen MR) is 173 cm³/mol. The van der Waals surface area contributed by atoms with E-state index in [2.05, 4.69) is 4.98 Å². The molecule has 0 radical (unpaired) electrons. The highest BCUT2D eigenvalue weighted by Crippen LogP contribution is 2.43. The van der Waals surface area contributed by atoms with Crippen LogP contribution in [0.3, 0.4) is 0 Å². The van der Waals surface area contributed by atoms with E-state index in [1.54, 1.807) is 63.6 Å². The number of aliphatic hydroxyl groups is 2. The molecule has 1 aromatic heterocycles. The zero-order valence-electron chi connectivity index (χ0n) is 26.3. The molecule has 1 fully saturated rings. The molecule has 3 aromatic carbocycles. The fraction of sp³-hybridized carbons (Fsp3) is 0.353. The molecule has 4 aromatic rings. The lowest BCUT2D eigenvalue weighted by molar-refractivity contribution is -0.0944. The summed E-state index contributed by atoms with van der Waals surface area (Å²) in [4.78, 5) is 26.8. The maximum Gasteiger partial charge on any atom is 0.330 e. The molecule has 1 saturated heterocycles. The predicted octanol–water partition coefficient (Wildman–Crippen LogP) is 2.43. The average Bonchev–Trinajstić information content (AvgIpc) is 3.43. The third kappa shape index (κ3) is 7.34. The van der Waals surface area contributed by atoms with Gasteiger partial charge in [-0.1, -0.05) is 48.5 Å². The van der Waals surface area contributed by atoms with Gasteiger partial charge in [0, 0.05) is 18.2 Å². The molecule has 0 bridgehead atoms. The summed E-state index contributed by atoms with van der Waals surface area (Å²) in [6.07, 6.45) is -1.26. The maximum atomic E-state index is 12.7. The highest BCUT2D eigenvalue weighted by Gasteiger charge is 2.42. The van der Waals surface area contributed by atoms with E-state index in [9.17, 15) is 28.2 Å². The van der Waals surface area contributed by atoms with Gasteiger partial charge in [-0.25, -0.2) is 13.2 Å². The van der Waals surface area contributed by atoms with E-state index < -0.39 is 51.7 Å². The fourth-order valence-corrected chi connectivity index (χ4v) is 6.90. The lowest BCUT2D eigenvalue weighted by atomic mass is 9.79. The highest BCUT2D eigenvalue weighted by atomic mass is 32.2. The van der Waals surface area contributed by atoms with Gasteiger partial charge in [0.15, 0.2) is 9.84 Å². The molecule has 2 heterocycles. The van der Waals surface area contributed by atoms with Gasteiger partial charge in [-0.2, -0.15) is 0 Å². The molecule has 0 aliphatic carbocycles. The summed E-state index contributed by atoms with van der Waals surface area (Å²) in [7, 11) is -0.479. The zero-order chi connectivity index (χ0) is 33.8. The molecule has 1 aliphatic rings. The van der Waals surface area contributed by atoms with Gasteiger partial charge in [0.2, 0.25) is 0 Å². The normalized spacial score (nSPS) is 18.3. The van der Waals surface area contributed by atoms with Crippen molar-refractivity contribution in [2.75, 3.05) is 33.2 Å². The standard InChI is InChI=1S/C34H38N2O10S/c1-22-19-36(33(40)35-32(22)39)31-18-29(38)30(46-31)20-45-34(24-7-11-27(43-2)12-8-24,25-9-13-28(44-3)14-10-25)26-6-4-5-23(17-26)21-47(41,42)16-15-37/h4-14,17,19,29-31,37-38H,15-16,18,20-21H2,1-3H3,(H,35,39,40)/t29-,30+,31+/m0/s1.